The molecule has 0 aliphatic carbocycles. The van der Waals surface area contributed by atoms with Crippen LogP contribution >= 0.6 is 0 Å². The van der Waals surface area contributed by atoms with Crippen LogP contribution in [0.25, 0.3) is 11.5 Å². The van der Waals surface area contributed by atoms with Gasteiger partial charge >= 0.3 is 0 Å². The molecule has 0 atom stereocenters. The Morgan fingerprint density at radius 1 is 1.29 bits per heavy atom. The second-order valence-electron chi connectivity index (χ2n) is 4.22. The van der Waals surface area contributed by atoms with E-state index in [4.69, 9.17) is 15.0 Å². The third kappa shape index (κ3) is 2.14. The smallest absolute Gasteiger partial charge is 0.260 e. The first kappa shape index (κ1) is 11.6. The van der Waals surface area contributed by atoms with Crippen LogP contribution in [-0.4, -0.2) is 17.3 Å². The van der Waals surface area contributed by atoms with Gasteiger partial charge in [0.15, 0.2) is 0 Å². The number of anilines is 1. The highest BCUT2D eigenvalue weighted by molar-refractivity contribution is 5.69. The van der Waals surface area contributed by atoms with E-state index < -0.39 is 5.60 Å². The van der Waals surface area contributed by atoms with Gasteiger partial charge in [0.1, 0.15) is 5.60 Å². The summed E-state index contributed by atoms with van der Waals surface area (Å²) in [6, 6.07) is 7.36. The van der Waals surface area contributed by atoms with E-state index in [1.54, 1.807) is 13.2 Å². The lowest BCUT2D eigenvalue weighted by molar-refractivity contribution is 0.00973. The third-order valence-corrected chi connectivity index (χ3v) is 2.67. The van der Waals surface area contributed by atoms with E-state index in [2.05, 4.69) is 10.1 Å². The molecular formula is C12H15N3O2. The van der Waals surface area contributed by atoms with Crippen LogP contribution in [0.2, 0.25) is 0 Å². The molecule has 5 heteroatoms. The van der Waals surface area contributed by atoms with Crippen LogP contribution in [0.15, 0.2) is 28.8 Å². The molecule has 0 amide bonds. The molecule has 1 aromatic carbocycles. The summed E-state index contributed by atoms with van der Waals surface area (Å²) in [7, 11) is 1.60. The number of nitrogens with two attached hydrogens (primary N) is 1. The summed E-state index contributed by atoms with van der Waals surface area (Å²) in [6.07, 6.45) is 0. The van der Waals surface area contributed by atoms with E-state index in [1.165, 1.54) is 0 Å². The first-order valence-corrected chi connectivity index (χ1v) is 5.29. The van der Waals surface area contributed by atoms with Crippen LogP contribution in [0.3, 0.4) is 0 Å². The standard InChI is InChI=1S/C12H15N3O2/c1-12(2,16-3)11-14-10(17-15-11)8-6-4-5-7-9(8)13/h4-7H,13H2,1-3H3. The topological polar surface area (TPSA) is 74.2 Å². The molecule has 0 aliphatic heterocycles. The zero-order chi connectivity index (χ0) is 12.5. The van der Waals surface area contributed by atoms with Crippen LogP contribution in [0.5, 0.6) is 0 Å². The van der Waals surface area contributed by atoms with Crippen LogP contribution in [0, 0.1) is 0 Å². The van der Waals surface area contributed by atoms with Gasteiger partial charge in [-0.15, -0.1) is 0 Å². The Morgan fingerprint density at radius 3 is 2.65 bits per heavy atom. The summed E-state index contributed by atoms with van der Waals surface area (Å²) >= 11 is 0. The first-order chi connectivity index (χ1) is 8.04. The lowest BCUT2D eigenvalue weighted by Crippen LogP contribution is -2.21. The quantitative estimate of drug-likeness (QED) is 0.822. The van der Waals surface area contributed by atoms with E-state index in [1.807, 2.05) is 32.0 Å². The first-order valence-electron chi connectivity index (χ1n) is 5.29. The van der Waals surface area contributed by atoms with Crippen molar-refractivity contribution in [2.24, 2.45) is 0 Å². The maximum Gasteiger partial charge on any atom is 0.260 e. The van der Waals surface area contributed by atoms with Gasteiger partial charge in [0.25, 0.3) is 5.89 Å². The number of rotatable bonds is 3. The summed E-state index contributed by atoms with van der Waals surface area (Å²) < 4.78 is 10.5. The van der Waals surface area contributed by atoms with Gasteiger partial charge in [-0.1, -0.05) is 17.3 Å². The summed E-state index contributed by atoms with van der Waals surface area (Å²) in [5.41, 5.74) is 6.61. The van der Waals surface area contributed by atoms with Gasteiger partial charge in [-0.3, -0.25) is 0 Å². The zero-order valence-electron chi connectivity index (χ0n) is 10.1. The minimum Gasteiger partial charge on any atom is -0.398 e. The second-order valence-corrected chi connectivity index (χ2v) is 4.22. The average molecular weight is 233 g/mol. The molecule has 0 fully saturated rings. The van der Waals surface area contributed by atoms with Gasteiger partial charge in [0, 0.05) is 12.8 Å². The Hall–Kier alpha value is -1.88. The summed E-state index contributed by atoms with van der Waals surface area (Å²) in [5, 5.41) is 3.91. The lowest BCUT2D eigenvalue weighted by atomic mass is 10.1. The van der Waals surface area contributed by atoms with Crippen molar-refractivity contribution in [2.75, 3.05) is 12.8 Å². The zero-order valence-corrected chi connectivity index (χ0v) is 10.1. The fourth-order valence-electron chi connectivity index (χ4n) is 1.36. The molecular weight excluding hydrogens is 218 g/mol. The van der Waals surface area contributed by atoms with E-state index in [-0.39, 0.29) is 0 Å². The molecule has 0 unspecified atom stereocenters. The normalized spacial score (nSPS) is 11.7. The maximum atomic E-state index is 5.84. The highest BCUT2D eigenvalue weighted by Gasteiger charge is 2.26. The van der Waals surface area contributed by atoms with Crippen molar-refractivity contribution in [2.45, 2.75) is 19.4 Å². The summed E-state index contributed by atoms with van der Waals surface area (Å²) in [4.78, 5) is 4.30. The van der Waals surface area contributed by atoms with Gasteiger partial charge in [0.2, 0.25) is 5.82 Å². The van der Waals surface area contributed by atoms with Crippen LogP contribution in [0.1, 0.15) is 19.7 Å². The Morgan fingerprint density at radius 2 is 2.00 bits per heavy atom. The molecule has 0 radical (unpaired) electrons. The molecule has 0 saturated heterocycles. The lowest BCUT2D eigenvalue weighted by Gasteiger charge is -2.17. The Bertz CT molecular complexity index is 520. The molecule has 17 heavy (non-hydrogen) atoms. The van der Waals surface area contributed by atoms with Crippen molar-refractivity contribution < 1.29 is 9.26 Å². The second kappa shape index (κ2) is 4.18. The van der Waals surface area contributed by atoms with Crippen LogP contribution in [0.4, 0.5) is 5.69 Å². The number of para-hydroxylation sites is 1. The SMILES string of the molecule is COC(C)(C)c1noc(-c2ccccc2N)n1. The van der Waals surface area contributed by atoms with E-state index in [9.17, 15) is 0 Å². The molecule has 2 rings (SSSR count). The minimum absolute atomic E-state index is 0.406. The molecule has 1 aromatic heterocycles. The van der Waals surface area contributed by atoms with Gasteiger partial charge in [-0.2, -0.15) is 4.98 Å². The van der Waals surface area contributed by atoms with Gasteiger partial charge in [0.05, 0.1) is 5.56 Å². The highest BCUT2D eigenvalue weighted by atomic mass is 16.5. The molecule has 2 N–H and O–H groups in total. The molecule has 0 aliphatic rings. The molecule has 1 heterocycles. The van der Waals surface area contributed by atoms with Crippen molar-refractivity contribution in [1.29, 1.82) is 0 Å². The number of hydrogen-bond donors (Lipinski definition) is 1. The van der Waals surface area contributed by atoms with E-state index in [0.717, 1.165) is 5.56 Å². The molecule has 0 saturated carbocycles. The summed E-state index contributed by atoms with van der Waals surface area (Å²) in [6.45, 7) is 3.74. The Labute approximate surface area is 99.6 Å². The van der Waals surface area contributed by atoms with E-state index >= 15 is 0 Å². The number of nitrogens with zero attached hydrogens (tertiary/aromatic N) is 2. The third-order valence-electron chi connectivity index (χ3n) is 2.67. The van der Waals surface area contributed by atoms with Gasteiger partial charge in [-0.25, -0.2) is 0 Å². The Kier molecular flexibility index (Phi) is 2.85. The molecule has 2 aromatic rings. The number of benzene rings is 1. The number of methoxy groups -OCH3 is 1. The highest BCUT2D eigenvalue weighted by Crippen LogP contribution is 2.27. The fourth-order valence-corrected chi connectivity index (χ4v) is 1.36. The largest absolute Gasteiger partial charge is 0.398 e. The summed E-state index contributed by atoms with van der Waals surface area (Å²) in [5.74, 6) is 0.904. The average Bonchev–Trinajstić information content (AvgIpc) is 2.79. The van der Waals surface area contributed by atoms with Crippen molar-refractivity contribution in [3.05, 3.63) is 30.1 Å². The maximum absolute atomic E-state index is 5.84. The molecule has 90 valence electrons. The number of ether oxygens (including phenoxy) is 1. The number of nitrogen functional groups attached to an aromatic ring is 1. The van der Waals surface area contributed by atoms with Crippen LogP contribution < -0.4 is 5.73 Å². The van der Waals surface area contributed by atoms with E-state index in [0.29, 0.717) is 17.4 Å². The monoisotopic (exact) mass is 233 g/mol. The Balaban J connectivity index is 2.40. The van der Waals surface area contributed by atoms with Crippen molar-refractivity contribution in [1.82, 2.24) is 10.1 Å². The number of hydrogen-bond acceptors (Lipinski definition) is 5. The van der Waals surface area contributed by atoms with Crippen molar-refractivity contribution in [3.63, 3.8) is 0 Å². The van der Waals surface area contributed by atoms with Crippen LogP contribution in [-0.2, 0) is 10.3 Å². The van der Waals surface area contributed by atoms with Gasteiger partial charge < -0.3 is 15.0 Å². The van der Waals surface area contributed by atoms with Crippen molar-refractivity contribution >= 4 is 5.69 Å². The van der Waals surface area contributed by atoms with Crippen molar-refractivity contribution in [3.8, 4) is 11.5 Å². The molecule has 0 bridgehead atoms. The molecule has 5 nitrogen and oxygen atoms in total. The fraction of sp³-hybridized carbons (Fsp3) is 0.333. The predicted molar refractivity (Wildman–Crippen MR) is 64.2 cm³/mol. The van der Waals surface area contributed by atoms with Gasteiger partial charge in [-0.05, 0) is 26.0 Å². The number of aromatic nitrogens is 2. The molecule has 0 spiro atoms. The predicted octanol–water partition coefficient (Wildman–Crippen LogP) is 2.20. The minimum atomic E-state index is -0.578.